The number of hydrogen-bond donors (Lipinski definition) is 1. The fourth-order valence-corrected chi connectivity index (χ4v) is 2.89. The summed E-state index contributed by atoms with van der Waals surface area (Å²) in [5.41, 5.74) is 2.02. The maximum absolute atomic E-state index is 12.8. The Bertz CT molecular complexity index is 771. The first-order valence-corrected chi connectivity index (χ1v) is 7.75. The number of likely N-dealkylation sites (N-methyl/N-ethyl adjacent to an activating group) is 1. The van der Waals surface area contributed by atoms with Crippen molar-refractivity contribution in [2.75, 3.05) is 23.3 Å². The van der Waals surface area contributed by atoms with Crippen LogP contribution in [0.3, 0.4) is 0 Å². The lowest BCUT2D eigenvalue weighted by atomic mass is 10.1. The lowest BCUT2D eigenvalue weighted by Crippen LogP contribution is -2.19. The molecule has 1 amide bonds. The average molecular weight is 334 g/mol. The van der Waals surface area contributed by atoms with Gasteiger partial charge in [-0.25, -0.2) is 0 Å². The van der Waals surface area contributed by atoms with Crippen molar-refractivity contribution < 1.29 is 18.0 Å². The van der Waals surface area contributed by atoms with Gasteiger partial charge in [-0.05, 0) is 49.2 Å². The van der Waals surface area contributed by atoms with Gasteiger partial charge in [0.05, 0.1) is 5.56 Å². The van der Waals surface area contributed by atoms with Crippen LogP contribution in [0.1, 0.15) is 28.4 Å². The smallest absolute Gasteiger partial charge is 0.371 e. The summed E-state index contributed by atoms with van der Waals surface area (Å²) >= 11 is 0. The van der Waals surface area contributed by atoms with Crippen molar-refractivity contribution in [3.8, 4) is 0 Å². The van der Waals surface area contributed by atoms with Crippen LogP contribution in [0.25, 0.3) is 0 Å². The van der Waals surface area contributed by atoms with Crippen molar-refractivity contribution in [2.24, 2.45) is 0 Å². The first-order valence-electron chi connectivity index (χ1n) is 7.75. The van der Waals surface area contributed by atoms with Gasteiger partial charge in [-0.1, -0.05) is 12.1 Å². The largest absolute Gasteiger partial charge is 0.416 e. The predicted molar refractivity (Wildman–Crippen MR) is 87.4 cm³/mol. The molecule has 0 spiro atoms. The first-order chi connectivity index (χ1) is 11.4. The molecule has 0 atom stereocenters. The van der Waals surface area contributed by atoms with E-state index in [2.05, 4.69) is 17.1 Å². The number of alkyl halides is 3. The highest BCUT2D eigenvalue weighted by Crippen LogP contribution is 2.31. The van der Waals surface area contributed by atoms with E-state index in [0.717, 1.165) is 37.3 Å². The van der Waals surface area contributed by atoms with Crippen LogP contribution in [0.4, 0.5) is 24.5 Å². The monoisotopic (exact) mass is 334 g/mol. The van der Waals surface area contributed by atoms with Crippen molar-refractivity contribution in [2.45, 2.75) is 19.5 Å². The summed E-state index contributed by atoms with van der Waals surface area (Å²) in [4.78, 5) is 14.5. The van der Waals surface area contributed by atoms with Crippen molar-refractivity contribution >= 4 is 17.3 Å². The molecule has 0 aromatic heterocycles. The molecule has 24 heavy (non-hydrogen) atoms. The third kappa shape index (κ3) is 3.22. The zero-order valence-electron chi connectivity index (χ0n) is 13.2. The zero-order chi connectivity index (χ0) is 17.3. The Labute approximate surface area is 138 Å². The fourth-order valence-electron chi connectivity index (χ4n) is 2.89. The lowest BCUT2D eigenvalue weighted by Gasteiger charge is -2.17. The second-order valence-corrected chi connectivity index (χ2v) is 5.71. The van der Waals surface area contributed by atoms with E-state index < -0.39 is 17.6 Å². The minimum atomic E-state index is -4.47. The standard InChI is InChI=1S/C18H17F3N2O/c1-2-23-9-8-12-6-7-15(11-16(12)23)22-17(24)13-4-3-5-14(10-13)18(19,20)21/h3-7,10-11H,2,8-9H2,1H3,(H,22,24). The van der Waals surface area contributed by atoms with Crippen LogP contribution in [0.5, 0.6) is 0 Å². The van der Waals surface area contributed by atoms with Crippen LogP contribution in [0, 0.1) is 0 Å². The number of carbonyl (C=O) groups is 1. The minimum absolute atomic E-state index is 0.0160. The molecule has 0 saturated carbocycles. The molecule has 6 heteroatoms. The Kier molecular flexibility index (Phi) is 4.22. The van der Waals surface area contributed by atoms with Gasteiger partial charge in [0.2, 0.25) is 0 Å². The number of fused-ring (bicyclic) bond motifs is 1. The van der Waals surface area contributed by atoms with Crippen LogP contribution < -0.4 is 10.2 Å². The maximum Gasteiger partial charge on any atom is 0.416 e. The van der Waals surface area contributed by atoms with E-state index >= 15 is 0 Å². The summed E-state index contributed by atoms with van der Waals surface area (Å²) in [6.07, 6.45) is -3.50. The molecule has 126 valence electrons. The van der Waals surface area contributed by atoms with Crippen molar-refractivity contribution in [3.63, 3.8) is 0 Å². The Morgan fingerprint density at radius 2 is 2.00 bits per heavy atom. The molecule has 0 bridgehead atoms. The number of hydrogen-bond acceptors (Lipinski definition) is 2. The molecular weight excluding hydrogens is 317 g/mol. The normalized spacial score (nSPS) is 13.8. The van der Waals surface area contributed by atoms with Crippen LogP contribution in [0.2, 0.25) is 0 Å². The van der Waals surface area contributed by atoms with Crippen molar-refractivity contribution in [1.82, 2.24) is 0 Å². The second-order valence-electron chi connectivity index (χ2n) is 5.71. The molecule has 2 aromatic rings. The van der Waals surface area contributed by atoms with E-state index in [9.17, 15) is 18.0 Å². The van der Waals surface area contributed by atoms with E-state index in [0.29, 0.717) is 5.69 Å². The van der Waals surface area contributed by atoms with Crippen molar-refractivity contribution in [1.29, 1.82) is 0 Å². The van der Waals surface area contributed by atoms with Crippen LogP contribution in [0.15, 0.2) is 42.5 Å². The molecule has 3 rings (SSSR count). The van der Waals surface area contributed by atoms with Gasteiger partial charge in [0.1, 0.15) is 0 Å². The number of amides is 1. The van der Waals surface area contributed by atoms with Gasteiger partial charge < -0.3 is 10.2 Å². The highest BCUT2D eigenvalue weighted by molar-refractivity contribution is 6.04. The van der Waals surface area contributed by atoms with Gasteiger partial charge in [-0.3, -0.25) is 4.79 Å². The zero-order valence-corrected chi connectivity index (χ0v) is 13.2. The molecule has 0 unspecified atom stereocenters. The summed E-state index contributed by atoms with van der Waals surface area (Å²) in [6, 6.07) is 10.0. The number of nitrogens with one attached hydrogen (secondary N) is 1. The Morgan fingerprint density at radius 3 is 2.71 bits per heavy atom. The number of anilines is 2. The minimum Gasteiger partial charge on any atom is -0.371 e. The van der Waals surface area contributed by atoms with Crippen molar-refractivity contribution in [3.05, 3.63) is 59.2 Å². The first kappa shape index (κ1) is 16.4. The summed E-state index contributed by atoms with van der Waals surface area (Å²) in [5, 5.41) is 2.68. The van der Waals surface area contributed by atoms with Gasteiger partial charge in [0, 0.05) is 30.0 Å². The number of benzene rings is 2. The number of carbonyl (C=O) groups excluding carboxylic acids is 1. The molecule has 1 aliphatic heterocycles. The third-order valence-electron chi connectivity index (χ3n) is 4.17. The Hall–Kier alpha value is -2.50. The van der Waals surface area contributed by atoms with Gasteiger partial charge in [-0.15, -0.1) is 0 Å². The van der Waals surface area contributed by atoms with E-state index in [4.69, 9.17) is 0 Å². The van der Waals surface area contributed by atoms with Crippen LogP contribution >= 0.6 is 0 Å². The number of rotatable bonds is 3. The van der Waals surface area contributed by atoms with Gasteiger partial charge in [0.25, 0.3) is 5.91 Å². The molecule has 0 saturated heterocycles. The number of nitrogens with zero attached hydrogens (tertiary/aromatic N) is 1. The summed E-state index contributed by atoms with van der Waals surface area (Å²) in [6.45, 7) is 3.87. The molecule has 1 N–H and O–H groups in total. The lowest BCUT2D eigenvalue weighted by molar-refractivity contribution is -0.137. The van der Waals surface area contributed by atoms with E-state index in [1.54, 1.807) is 6.07 Å². The van der Waals surface area contributed by atoms with Gasteiger partial charge in [0.15, 0.2) is 0 Å². The Morgan fingerprint density at radius 1 is 1.21 bits per heavy atom. The maximum atomic E-state index is 12.8. The van der Waals surface area contributed by atoms with E-state index in [-0.39, 0.29) is 5.56 Å². The fraction of sp³-hybridized carbons (Fsp3) is 0.278. The SMILES string of the molecule is CCN1CCc2ccc(NC(=O)c3cccc(C(F)(F)F)c3)cc21. The van der Waals surface area contributed by atoms with Gasteiger partial charge in [-0.2, -0.15) is 13.2 Å². The summed E-state index contributed by atoms with van der Waals surface area (Å²) < 4.78 is 38.3. The molecule has 1 heterocycles. The highest BCUT2D eigenvalue weighted by atomic mass is 19.4. The second kappa shape index (κ2) is 6.19. The third-order valence-corrected chi connectivity index (χ3v) is 4.17. The molecule has 2 aromatic carbocycles. The summed E-state index contributed by atoms with van der Waals surface area (Å²) in [5.74, 6) is -0.554. The summed E-state index contributed by atoms with van der Waals surface area (Å²) in [7, 11) is 0. The molecular formula is C18H17F3N2O. The molecule has 1 aliphatic rings. The predicted octanol–water partition coefficient (Wildman–Crippen LogP) is 4.34. The van der Waals surface area contributed by atoms with Crippen LogP contribution in [-0.2, 0) is 12.6 Å². The quantitative estimate of drug-likeness (QED) is 0.905. The number of halogens is 3. The topological polar surface area (TPSA) is 32.3 Å². The van der Waals surface area contributed by atoms with Crippen LogP contribution in [-0.4, -0.2) is 19.0 Å². The Balaban J connectivity index is 1.81. The van der Waals surface area contributed by atoms with E-state index in [1.807, 2.05) is 12.1 Å². The molecule has 3 nitrogen and oxygen atoms in total. The van der Waals surface area contributed by atoms with E-state index in [1.165, 1.54) is 17.7 Å². The molecule has 0 radical (unpaired) electrons. The molecule has 0 fully saturated rings. The average Bonchev–Trinajstić information content (AvgIpc) is 2.96. The molecule has 0 aliphatic carbocycles. The highest BCUT2D eigenvalue weighted by Gasteiger charge is 2.31. The van der Waals surface area contributed by atoms with Gasteiger partial charge >= 0.3 is 6.18 Å².